The molecule has 0 bridgehead atoms. The predicted molar refractivity (Wildman–Crippen MR) is 136 cm³/mol. The molecule has 1 aromatic carbocycles. The Morgan fingerprint density at radius 1 is 1.21 bits per heavy atom. The lowest BCUT2D eigenvalue weighted by Crippen LogP contribution is -2.14. The average molecular weight is 586 g/mol. The number of nitriles is 1. The monoisotopic (exact) mass is 585 g/mol. The zero-order chi connectivity index (χ0) is 27.4. The number of anilines is 1. The summed E-state index contributed by atoms with van der Waals surface area (Å²) >= 11 is 3.21. The third kappa shape index (κ3) is 5.62. The summed E-state index contributed by atoms with van der Waals surface area (Å²) in [6.45, 7) is 1.47. The molecule has 0 spiro atoms. The van der Waals surface area contributed by atoms with Gasteiger partial charge in [-0.15, -0.1) is 0 Å². The molecule has 0 aliphatic carbocycles. The minimum atomic E-state index is -0.922. The first kappa shape index (κ1) is 27.1. The zero-order valence-corrected chi connectivity index (χ0v) is 22.1. The Labute approximate surface area is 225 Å². The van der Waals surface area contributed by atoms with Gasteiger partial charge in [0.1, 0.15) is 47.0 Å². The standard InChI is InChI=1S/C25H22BrF2N7O3/c1-13(38-25-24(30)32-11-20(26)33-25)17-7-14(27)8-18(28)21(17)22-16(5-4-6-31-22)23(37-12-36-3)19-9-15(10-29)35(2)34-19/h4-9,11,13,23H,12H2,1-3H3,(H2,30,32)/t13-,23?/m1/s1. The Balaban J connectivity index is 1.86. The van der Waals surface area contributed by atoms with E-state index in [0.29, 0.717) is 21.6 Å². The van der Waals surface area contributed by atoms with Crippen LogP contribution in [0, 0.1) is 23.0 Å². The fraction of sp³-hybridized carbons (Fsp3) is 0.240. The summed E-state index contributed by atoms with van der Waals surface area (Å²) in [5.74, 6) is -1.68. The maximum atomic E-state index is 15.5. The lowest BCUT2D eigenvalue weighted by molar-refractivity contribution is -0.0604. The summed E-state index contributed by atoms with van der Waals surface area (Å²) in [5, 5.41) is 13.8. The van der Waals surface area contributed by atoms with Crippen LogP contribution in [-0.4, -0.2) is 38.6 Å². The molecule has 0 amide bonds. The van der Waals surface area contributed by atoms with Gasteiger partial charge in [-0.1, -0.05) is 6.07 Å². The lowest BCUT2D eigenvalue weighted by atomic mass is 9.93. The molecule has 0 radical (unpaired) electrons. The van der Waals surface area contributed by atoms with Crippen molar-refractivity contribution in [2.45, 2.75) is 19.1 Å². The van der Waals surface area contributed by atoms with Crippen LogP contribution >= 0.6 is 15.9 Å². The second-order valence-electron chi connectivity index (χ2n) is 8.08. The highest BCUT2D eigenvalue weighted by Gasteiger charge is 2.28. The van der Waals surface area contributed by atoms with Crippen LogP contribution in [0.3, 0.4) is 0 Å². The molecule has 1 unspecified atom stereocenters. The van der Waals surface area contributed by atoms with E-state index in [9.17, 15) is 9.65 Å². The number of pyridine rings is 1. The Hall–Kier alpha value is -3.99. The van der Waals surface area contributed by atoms with Crippen molar-refractivity contribution in [2.24, 2.45) is 7.05 Å². The number of nitrogen functional groups attached to an aromatic ring is 1. The van der Waals surface area contributed by atoms with Gasteiger partial charge in [-0.25, -0.2) is 18.7 Å². The van der Waals surface area contributed by atoms with Crippen LogP contribution in [0.1, 0.15) is 41.6 Å². The maximum absolute atomic E-state index is 15.5. The third-order valence-electron chi connectivity index (χ3n) is 5.54. The quantitative estimate of drug-likeness (QED) is 0.279. The van der Waals surface area contributed by atoms with Crippen molar-refractivity contribution in [3.05, 3.63) is 81.5 Å². The van der Waals surface area contributed by atoms with Crippen molar-refractivity contribution in [3.63, 3.8) is 0 Å². The van der Waals surface area contributed by atoms with Gasteiger partial charge in [-0.05, 0) is 35.0 Å². The minimum absolute atomic E-state index is 0.00785. The molecule has 0 aliphatic rings. The number of halogens is 3. The second-order valence-corrected chi connectivity index (χ2v) is 8.89. The van der Waals surface area contributed by atoms with Gasteiger partial charge < -0.3 is 19.9 Å². The Bertz CT molecular complexity index is 1510. The van der Waals surface area contributed by atoms with E-state index in [0.717, 1.165) is 12.1 Å². The molecular formula is C25H22BrF2N7O3. The summed E-state index contributed by atoms with van der Waals surface area (Å²) in [4.78, 5) is 12.6. The SMILES string of the molecule is COCOC(c1cc(C#N)n(C)n1)c1cccnc1-c1c(F)cc(F)cc1[C@@H](C)Oc1nc(Br)cnc1N. The van der Waals surface area contributed by atoms with Crippen LogP contribution < -0.4 is 10.5 Å². The van der Waals surface area contributed by atoms with Crippen molar-refractivity contribution >= 4 is 21.7 Å². The molecule has 13 heteroatoms. The van der Waals surface area contributed by atoms with Gasteiger partial charge in [0.2, 0.25) is 0 Å². The van der Waals surface area contributed by atoms with Crippen molar-refractivity contribution < 1.29 is 23.0 Å². The first-order chi connectivity index (χ1) is 18.2. The molecule has 2 N–H and O–H groups in total. The van der Waals surface area contributed by atoms with E-state index >= 15 is 4.39 Å². The third-order valence-corrected chi connectivity index (χ3v) is 5.92. The zero-order valence-electron chi connectivity index (χ0n) is 20.5. The highest BCUT2D eigenvalue weighted by molar-refractivity contribution is 9.10. The van der Waals surface area contributed by atoms with Gasteiger partial charge in [0.05, 0.1) is 17.6 Å². The highest BCUT2D eigenvalue weighted by Crippen LogP contribution is 2.39. The molecule has 196 valence electrons. The fourth-order valence-electron chi connectivity index (χ4n) is 3.87. The molecule has 3 aromatic heterocycles. The van der Waals surface area contributed by atoms with Crippen LogP contribution in [0.4, 0.5) is 14.6 Å². The summed E-state index contributed by atoms with van der Waals surface area (Å²) in [6.07, 6.45) is 1.05. The topological polar surface area (TPSA) is 134 Å². The second kappa shape index (κ2) is 11.6. The summed E-state index contributed by atoms with van der Waals surface area (Å²) < 4.78 is 48.7. The van der Waals surface area contributed by atoms with E-state index in [2.05, 4.69) is 42.0 Å². The molecule has 38 heavy (non-hydrogen) atoms. The predicted octanol–water partition coefficient (Wildman–Crippen LogP) is 4.62. The van der Waals surface area contributed by atoms with Crippen molar-refractivity contribution in [3.8, 4) is 23.2 Å². The normalized spacial score (nSPS) is 12.7. The average Bonchev–Trinajstić information content (AvgIpc) is 3.26. The molecule has 4 rings (SSSR count). The maximum Gasteiger partial charge on any atom is 0.258 e. The molecule has 0 saturated carbocycles. The Morgan fingerprint density at radius 2 is 2.00 bits per heavy atom. The van der Waals surface area contributed by atoms with E-state index in [1.807, 2.05) is 0 Å². The molecule has 0 aliphatic heterocycles. The fourth-order valence-corrected chi connectivity index (χ4v) is 4.14. The first-order valence-corrected chi connectivity index (χ1v) is 12.0. The summed E-state index contributed by atoms with van der Waals surface area (Å²) in [6, 6.07) is 8.85. The molecule has 10 nitrogen and oxygen atoms in total. The van der Waals surface area contributed by atoms with E-state index in [1.165, 1.54) is 24.2 Å². The van der Waals surface area contributed by atoms with Crippen LogP contribution in [0.5, 0.6) is 5.88 Å². The molecule has 3 heterocycles. The number of aryl methyl sites for hydroxylation is 1. The number of methoxy groups -OCH3 is 1. The smallest absolute Gasteiger partial charge is 0.258 e. The van der Waals surface area contributed by atoms with E-state index < -0.39 is 23.8 Å². The van der Waals surface area contributed by atoms with Crippen LogP contribution in [-0.2, 0) is 16.5 Å². The number of nitrogens with zero attached hydrogens (tertiary/aromatic N) is 6. The van der Waals surface area contributed by atoms with Gasteiger partial charge in [0.15, 0.2) is 5.82 Å². The lowest BCUT2D eigenvalue weighted by Gasteiger charge is -2.22. The Morgan fingerprint density at radius 3 is 2.71 bits per heavy atom. The number of hydrogen-bond acceptors (Lipinski definition) is 9. The van der Waals surface area contributed by atoms with Crippen LogP contribution in [0.2, 0.25) is 0 Å². The molecular weight excluding hydrogens is 564 g/mol. The molecule has 4 aromatic rings. The van der Waals surface area contributed by atoms with Crippen molar-refractivity contribution in [1.29, 1.82) is 5.26 Å². The van der Waals surface area contributed by atoms with Crippen molar-refractivity contribution in [1.82, 2.24) is 24.7 Å². The van der Waals surface area contributed by atoms with Gasteiger partial charge >= 0.3 is 0 Å². The van der Waals surface area contributed by atoms with E-state index in [4.69, 9.17) is 19.9 Å². The first-order valence-electron chi connectivity index (χ1n) is 11.2. The summed E-state index contributed by atoms with van der Waals surface area (Å²) in [5.41, 5.74) is 7.25. The molecule has 0 fully saturated rings. The summed E-state index contributed by atoms with van der Waals surface area (Å²) in [7, 11) is 3.07. The van der Waals surface area contributed by atoms with Gasteiger partial charge in [0, 0.05) is 49.2 Å². The number of ether oxygens (including phenoxy) is 3. The number of nitrogens with two attached hydrogens (primary N) is 1. The minimum Gasteiger partial charge on any atom is -0.467 e. The van der Waals surface area contributed by atoms with Gasteiger partial charge in [-0.2, -0.15) is 10.4 Å². The van der Waals surface area contributed by atoms with Crippen LogP contribution in [0.15, 0.2) is 47.3 Å². The largest absolute Gasteiger partial charge is 0.467 e. The number of aromatic nitrogens is 5. The van der Waals surface area contributed by atoms with Crippen molar-refractivity contribution in [2.75, 3.05) is 19.6 Å². The van der Waals surface area contributed by atoms with E-state index in [1.54, 1.807) is 32.2 Å². The van der Waals surface area contributed by atoms with Gasteiger partial charge in [0.25, 0.3) is 5.88 Å². The molecule has 2 atom stereocenters. The van der Waals surface area contributed by atoms with Crippen LogP contribution in [0.25, 0.3) is 11.3 Å². The van der Waals surface area contributed by atoms with Gasteiger partial charge in [-0.3, -0.25) is 9.67 Å². The Kier molecular flexibility index (Phi) is 8.26. The number of benzene rings is 1. The molecule has 0 saturated heterocycles. The number of hydrogen-bond donors (Lipinski definition) is 1. The highest BCUT2D eigenvalue weighted by atomic mass is 79.9. The van der Waals surface area contributed by atoms with E-state index in [-0.39, 0.29) is 35.3 Å². The number of rotatable bonds is 9.